The number of aromatic nitrogens is 3. The number of rotatable bonds is 4. The van der Waals surface area contributed by atoms with Crippen molar-refractivity contribution < 1.29 is 9.53 Å². The molecule has 0 fully saturated rings. The third kappa shape index (κ3) is 2.50. The van der Waals surface area contributed by atoms with Gasteiger partial charge in [-0.3, -0.25) is 4.79 Å². The summed E-state index contributed by atoms with van der Waals surface area (Å²) in [7, 11) is 1.58. The first-order chi connectivity index (χ1) is 10.7. The highest BCUT2D eigenvalue weighted by Gasteiger charge is 2.15. The molecule has 0 aliphatic carbocycles. The van der Waals surface area contributed by atoms with Crippen LogP contribution in [0.4, 0.5) is 5.69 Å². The van der Waals surface area contributed by atoms with Gasteiger partial charge in [-0.25, -0.2) is 9.50 Å². The van der Waals surface area contributed by atoms with Gasteiger partial charge in [0.2, 0.25) is 0 Å². The highest BCUT2D eigenvalue weighted by atomic mass is 16.5. The van der Waals surface area contributed by atoms with E-state index in [1.165, 1.54) is 6.20 Å². The maximum atomic E-state index is 12.5. The van der Waals surface area contributed by atoms with Crippen molar-refractivity contribution in [3.05, 3.63) is 54.0 Å². The van der Waals surface area contributed by atoms with Crippen molar-refractivity contribution in [1.29, 1.82) is 0 Å². The minimum Gasteiger partial charge on any atom is -0.495 e. The van der Waals surface area contributed by atoms with Gasteiger partial charge in [0.05, 0.1) is 19.0 Å². The first kappa shape index (κ1) is 14.1. The van der Waals surface area contributed by atoms with E-state index < -0.39 is 0 Å². The average Bonchev–Trinajstić information content (AvgIpc) is 2.99. The predicted octanol–water partition coefficient (Wildman–Crippen LogP) is 2.55. The second-order valence-corrected chi connectivity index (χ2v) is 4.79. The van der Waals surface area contributed by atoms with Gasteiger partial charge in [-0.15, -0.1) is 0 Å². The number of amides is 1. The quantitative estimate of drug-likeness (QED) is 0.803. The lowest BCUT2D eigenvalue weighted by molar-refractivity contribution is 0.102. The summed E-state index contributed by atoms with van der Waals surface area (Å²) in [5.74, 6) is 0.357. The van der Waals surface area contributed by atoms with Crippen molar-refractivity contribution in [1.82, 2.24) is 14.6 Å². The fourth-order valence-electron chi connectivity index (χ4n) is 2.25. The van der Waals surface area contributed by atoms with Gasteiger partial charge in [0, 0.05) is 12.4 Å². The third-order valence-electron chi connectivity index (χ3n) is 3.44. The molecule has 112 valence electrons. The second-order valence-electron chi connectivity index (χ2n) is 4.79. The maximum absolute atomic E-state index is 12.5. The van der Waals surface area contributed by atoms with Gasteiger partial charge < -0.3 is 10.1 Å². The summed E-state index contributed by atoms with van der Waals surface area (Å²) in [6.45, 7) is 2.06. The molecule has 3 rings (SSSR count). The average molecular weight is 296 g/mol. The summed E-state index contributed by atoms with van der Waals surface area (Å²) in [6.07, 6.45) is 5.77. The van der Waals surface area contributed by atoms with Crippen molar-refractivity contribution >= 4 is 17.2 Å². The number of aryl methyl sites for hydroxylation is 1. The molecule has 0 saturated carbocycles. The molecule has 2 aromatic heterocycles. The standard InChI is InChI=1S/C16H16N4O2/c1-3-11-5-6-14(22-2)13(9-11)19-16(21)12-10-18-20-8-4-7-17-15(12)20/h4-10H,3H2,1-2H3,(H,19,21). The number of methoxy groups -OCH3 is 1. The lowest BCUT2D eigenvalue weighted by atomic mass is 10.1. The number of hydrogen-bond acceptors (Lipinski definition) is 4. The molecule has 1 amide bonds. The van der Waals surface area contributed by atoms with Crippen LogP contribution in [-0.4, -0.2) is 27.6 Å². The molecule has 0 spiro atoms. The molecule has 1 aromatic carbocycles. The smallest absolute Gasteiger partial charge is 0.261 e. The summed E-state index contributed by atoms with van der Waals surface area (Å²) in [5.41, 5.74) is 2.70. The van der Waals surface area contributed by atoms with E-state index in [2.05, 4.69) is 22.3 Å². The Labute approximate surface area is 127 Å². The Bertz CT molecular complexity index is 826. The third-order valence-corrected chi connectivity index (χ3v) is 3.44. The number of benzene rings is 1. The molecule has 0 radical (unpaired) electrons. The van der Waals surface area contributed by atoms with Crippen molar-refractivity contribution in [3.63, 3.8) is 0 Å². The SMILES string of the molecule is CCc1ccc(OC)c(NC(=O)c2cnn3cccnc23)c1. The minimum atomic E-state index is -0.264. The van der Waals surface area contributed by atoms with Gasteiger partial charge in [0.1, 0.15) is 11.3 Å². The van der Waals surface area contributed by atoms with Crippen LogP contribution >= 0.6 is 0 Å². The second kappa shape index (κ2) is 5.85. The van der Waals surface area contributed by atoms with E-state index in [1.807, 2.05) is 18.2 Å². The van der Waals surface area contributed by atoms with Crippen LogP contribution in [0, 0.1) is 0 Å². The van der Waals surface area contributed by atoms with Gasteiger partial charge in [0.25, 0.3) is 5.91 Å². The fourth-order valence-corrected chi connectivity index (χ4v) is 2.25. The molecular weight excluding hydrogens is 280 g/mol. The number of anilines is 1. The Morgan fingerprint density at radius 1 is 1.41 bits per heavy atom. The van der Waals surface area contributed by atoms with Crippen molar-refractivity contribution in [2.24, 2.45) is 0 Å². The molecule has 0 bridgehead atoms. The number of carbonyl (C=O) groups is 1. The molecular formula is C16H16N4O2. The molecule has 2 heterocycles. The Kier molecular flexibility index (Phi) is 3.74. The molecule has 1 N–H and O–H groups in total. The Morgan fingerprint density at radius 3 is 3.05 bits per heavy atom. The molecule has 0 saturated heterocycles. The summed E-state index contributed by atoms with van der Waals surface area (Å²) < 4.78 is 6.86. The molecule has 0 aliphatic heterocycles. The highest BCUT2D eigenvalue weighted by Crippen LogP contribution is 2.26. The zero-order valence-corrected chi connectivity index (χ0v) is 12.4. The molecule has 0 atom stereocenters. The van der Waals surface area contributed by atoms with E-state index in [1.54, 1.807) is 30.1 Å². The fraction of sp³-hybridized carbons (Fsp3) is 0.188. The van der Waals surface area contributed by atoms with Crippen LogP contribution in [0.25, 0.3) is 5.65 Å². The van der Waals surface area contributed by atoms with Crippen LogP contribution in [0.1, 0.15) is 22.8 Å². The van der Waals surface area contributed by atoms with E-state index in [9.17, 15) is 4.79 Å². The van der Waals surface area contributed by atoms with Crippen LogP contribution in [0.2, 0.25) is 0 Å². The van der Waals surface area contributed by atoms with Crippen LogP contribution in [-0.2, 0) is 6.42 Å². The van der Waals surface area contributed by atoms with Gasteiger partial charge in [-0.2, -0.15) is 5.10 Å². The van der Waals surface area contributed by atoms with Gasteiger partial charge in [0.15, 0.2) is 5.65 Å². The maximum Gasteiger partial charge on any atom is 0.261 e. The first-order valence-electron chi connectivity index (χ1n) is 6.99. The summed E-state index contributed by atoms with van der Waals surface area (Å²) in [4.78, 5) is 16.7. The number of fused-ring (bicyclic) bond motifs is 1. The van der Waals surface area contributed by atoms with Crippen molar-refractivity contribution in [2.45, 2.75) is 13.3 Å². The predicted molar refractivity (Wildman–Crippen MR) is 83.3 cm³/mol. The highest BCUT2D eigenvalue weighted by molar-refractivity contribution is 6.08. The minimum absolute atomic E-state index is 0.264. The topological polar surface area (TPSA) is 68.5 Å². The zero-order valence-electron chi connectivity index (χ0n) is 12.4. The van der Waals surface area contributed by atoms with Gasteiger partial charge in [-0.05, 0) is 30.2 Å². The van der Waals surface area contributed by atoms with Crippen LogP contribution in [0.5, 0.6) is 5.75 Å². The Balaban J connectivity index is 1.94. The lowest BCUT2D eigenvalue weighted by Gasteiger charge is -2.11. The van der Waals surface area contributed by atoms with E-state index in [4.69, 9.17) is 4.74 Å². The normalized spacial score (nSPS) is 10.6. The number of hydrogen-bond donors (Lipinski definition) is 1. The summed E-state index contributed by atoms with van der Waals surface area (Å²) >= 11 is 0. The molecule has 6 nitrogen and oxygen atoms in total. The van der Waals surface area contributed by atoms with Gasteiger partial charge in [-0.1, -0.05) is 13.0 Å². The molecule has 0 unspecified atom stereocenters. The van der Waals surface area contributed by atoms with E-state index in [-0.39, 0.29) is 5.91 Å². The first-order valence-corrected chi connectivity index (χ1v) is 6.99. The summed E-state index contributed by atoms with van der Waals surface area (Å²) in [5, 5.41) is 6.99. The monoisotopic (exact) mass is 296 g/mol. The van der Waals surface area contributed by atoms with Gasteiger partial charge >= 0.3 is 0 Å². The summed E-state index contributed by atoms with van der Waals surface area (Å²) in [6, 6.07) is 7.50. The van der Waals surface area contributed by atoms with Crippen molar-refractivity contribution in [2.75, 3.05) is 12.4 Å². The molecule has 0 aliphatic rings. The van der Waals surface area contributed by atoms with Crippen molar-refractivity contribution in [3.8, 4) is 5.75 Å². The zero-order chi connectivity index (χ0) is 15.5. The number of ether oxygens (including phenoxy) is 1. The van der Waals surface area contributed by atoms with E-state index in [0.29, 0.717) is 22.6 Å². The Morgan fingerprint density at radius 2 is 2.27 bits per heavy atom. The number of nitrogens with one attached hydrogen (secondary N) is 1. The van der Waals surface area contributed by atoms with Crippen LogP contribution in [0.3, 0.4) is 0 Å². The Hall–Kier alpha value is -2.89. The number of nitrogens with zero attached hydrogens (tertiary/aromatic N) is 3. The molecule has 22 heavy (non-hydrogen) atoms. The molecule has 6 heteroatoms. The van der Waals surface area contributed by atoms with E-state index in [0.717, 1.165) is 12.0 Å². The molecule has 3 aromatic rings. The number of carbonyl (C=O) groups excluding carboxylic acids is 1. The largest absolute Gasteiger partial charge is 0.495 e. The lowest BCUT2D eigenvalue weighted by Crippen LogP contribution is -2.13. The van der Waals surface area contributed by atoms with Crippen LogP contribution < -0.4 is 10.1 Å². The van der Waals surface area contributed by atoms with Crippen LogP contribution in [0.15, 0.2) is 42.9 Å². The van der Waals surface area contributed by atoms with E-state index >= 15 is 0 Å².